The molecule has 6 nitrogen and oxygen atoms in total. The Hall–Kier alpha value is -2.21. The topological polar surface area (TPSA) is 45.3 Å². The average molecular weight is 386 g/mol. The van der Waals surface area contributed by atoms with Crippen LogP contribution in [0.25, 0.3) is 0 Å². The second-order valence-electron chi connectivity index (χ2n) is 7.94. The van der Waals surface area contributed by atoms with Crippen LogP contribution in [0.3, 0.4) is 0 Å². The lowest BCUT2D eigenvalue weighted by molar-refractivity contribution is -0.135. The lowest BCUT2D eigenvalue weighted by Crippen LogP contribution is -2.56. The molecule has 2 fully saturated rings. The number of piperidine rings is 1. The zero-order valence-electron chi connectivity index (χ0n) is 17.0. The summed E-state index contributed by atoms with van der Waals surface area (Å²) in [5.41, 5.74) is 2.68. The number of rotatable bonds is 3. The van der Waals surface area contributed by atoms with Gasteiger partial charge in [-0.25, -0.2) is 0 Å². The number of ether oxygens (including phenoxy) is 2. The monoisotopic (exact) mass is 385 g/mol. The second-order valence-corrected chi connectivity index (χ2v) is 7.94. The summed E-state index contributed by atoms with van der Waals surface area (Å²) in [5, 5.41) is 0. The number of hydrogen-bond acceptors (Lipinski definition) is 5. The molecule has 1 amide bonds. The molecule has 3 heterocycles. The molecule has 0 bridgehead atoms. The fourth-order valence-electron chi connectivity index (χ4n) is 4.55. The first-order valence-corrected chi connectivity index (χ1v) is 10.4. The standard InChI is InChI=1S/C22H31N3O3/c1-17-6-3-4-8-20(17)24-12-10-23(11-13-24)19-7-5-9-25(16-19)22(26)21-18(2)27-14-15-28-21/h3-4,6,8,19H,5,7,9-16H2,1-2H3/t19-/m0/s1. The minimum absolute atomic E-state index is 0.0135. The van der Waals surface area contributed by atoms with Crippen LogP contribution in [0.1, 0.15) is 25.3 Å². The van der Waals surface area contributed by atoms with Crippen LogP contribution in [-0.2, 0) is 14.3 Å². The zero-order chi connectivity index (χ0) is 19.5. The fraction of sp³-hybridized carbons (Fsp3) is 0.591. The minimum atomic E-state index is -0.0135. The quantitative estimate of drug-likeness (QED) is 0.800. The van der Waals surface area contributed by atoms with Crippen LogP contribution >= 0.6 is 0 Å². The van der Waals surface area contributed by atoms with E-state index in [9.17, 15) is 4.79 Å². The van der Waals surface area contributed by atoms with Gasteiger partial charge in [0.2, 0.25) is 5.76 Å². The molecule has 28 heavy (non-hydrogen) atoms. The van der Waals surface area contributed by atoms with E-state index >= 15 is 0 Å². The molecule has 0 unspecified atom stereocenters. The number of likely N-dealkylation sites (tertiary alicyclic amines) is 1. The van der Waals surface area contributed by atoms with E-state index in [1.165, 1.54) is 11.3 Å². The summed E-state index contributed by atoms with van der Waals surface area (Å²) in [6, 6.07) is 9.05. The van der Waals surface area contributed by atoms with E-state index in [0.29, 0.717) is 30.8 Å². The highest BCUT2D eigenvalue weighted by Crippen LogP contribution is 2.25. The summed E-state index contributed by atoms with van der Waals surface area (Å²) in [4.78, 5) is 19.9. The minimum Gasteiger partial charge on any atom is -0.491 e. The predicted molar refractivity (Wildman–Crippen MR) is 109 cm³/mol. The molecule has 2 saturated heterocycles. The lowest BCUT2D eigenvalue weighted by Gasteiger charge is -2.44. The van der Waals surface area contributed by atoms with Crippen molar-refractivity contribution in [1.29, 1.82) is 0 Å². The number of carbonyl (C=O) groups excluding carboxylic acids is 1. The van der Waals surface area contributed by atoms with Gasteiger partial charge in [0, 0.05) is 51.0 Å². The van der Waals surface area contributed by atoms with Gasteiger partial charge in [0.15, 0.2) is 0 Å². The normalized spacial score (nSPS) is 24.0. The van der Waals surface area contributed by atoms with Crippen LogP contribution in [0.15, 0.2) is 35.8 Å². The van der Waals surface area contributed by atoms with E-state index in [4.69, 9.17) is 9.47 Å². The van der Waals surface area contributed by atoms with Crippen molar-refractivity contribution in [3.63, 3.8) is 0 Å². The third-order valence-electron chi connectivity index (χ3n) is 6.13. The number of aryl methyl sites for hydroxylation is 1. The van der Waals surface area contributed by atoms with Crippen LogP contribution in [0.4, 0.5) is 5.69 Å². The SMILES string of the molecule is CC1=C(C(=O)N2CCC[C@H](N3CCN(c4ccccc4C)CC3)C2)OCCO1. The van der Waals surface area contributed by atoms with E-state index in [0.717, 1.165) is 52.1 Å². The molecule has 0 aliphatic carbocycles. The van der Waals surface area contributed by atoms with Crippen LogP contribution in [0.5, 0.6) is 0 Å². The Morgan fingerprint density at radius 1 is 1.00 bits per heavy atom. The number of carbonyl (C=O) groups is 1. The molecular formula is C22H31N3O3. The van der Waals surface area contributed by atoms with E-state index in [1.807, 2.05) is 11.8 Å². The van der Waals surface area contributed by atoms with Crippen molar-refractivity contribution in [3.05, 3.63) is 41.3 Å². The first-order valence-electron chi connectivity index (χ1n) is 10.4. The number of allylic oxidation sites excluding steroid dienone is 1. The van der Waals surface area contributed by atoms with Crippen LogP contribution < -0.4 is 4.90 Å². The van der Waals surface area contributed by atoms with Gasteiger partial charge in [0.05, 0.1) is 0 Å². The van der Waals surface area contributed by atoms with Crippen molar-refractivity contribution in [2.75, 3.05) is 57.4 Å². The number of piperazine rings is 1. The van der Waals surface area contributed by atoms with Gasteiger partial charge in [-0.3, -0.25) is 9.69 Å². The molecule has 4 rings (SSSR count). The van der Waals surface area contributed by atoms with E-state index in [2.05, 4.69) is 41.0 Å². The number of para-hydroxylation sites is 1. The second kappa shape index (κ2) is 8.43. The highest BCUT2D eigenvalue weighted by Gasteiger charge is 2.33. The summed E-state index contributed by atoms with van der Waals surface area (Å²) < 4.78 is 11.1. The predicted octanol–water partition coefficient (Wildman–Crippen LogP) is 2.39. The van der Waals surface area contributed by atoms with Gasteiger partial charge >= 0.3 is 0 Å². The maximum Gasteiger partial charge on any atom is 0.292 e. The number of nitrogens with zero attached hydrogens (tertiary/aromatic N) is 3. The van der Waals surface area contributed by atoms with Crippen LogP contribution in [-0.4, -0.2) is 74.2 Å². The Balaban J connectivity index is 1.35. The molecule has 1 aromatic rings. The Labute approximate surface area is 167 Å². The summed E-state index contributed by atoms with van der Waals surface area (Å²) in [5.74, 6) is 1.00. The Morgan fingerprint density at radius 2 is 1.75 bits per heavy atom. The van der Waals surface area contributed by atoms with Crippen LogP contribution in [0, 0.1) is 6.92 Å². The van der Waals surface area contributed by atoms with Crippen molar-refractivity contribution in [2.24, 2.45) is 0 Å². The molecule has 3 aliphatic rings. The van der Waals surface area contributed by atoms with Crippen molar-refractivity contribution in [1.82, 2.24) is 9.80 Å². The highest BCUT2D eigenvalue weighted by molar-refractivity contribution is 5.92. The molecule has 1 aromatic carbocycles. The first-order chi connectivity index (χ1) is 13.6. The fourth-order valence-corrected chi connectivity index (χ4v) is 4.55. The summed E-state index contributed by atoms with van der Waals surface area (Å²) in [6.07, 6.45) is 2.20. The van der Waals surface area contributed by atoms with Gasteiger partial charge in [0.1, 0.15) is 19.0 Å². The number of anilines is 1. The molecule has 3 aliphatic heterocycles. The lowest BCUT2D eigenvalue weighted by atomic mass is 10.0. The smallest absolute Gasteiger partial charge is 0.292 e. The van der Waals surface area contributed by atoms with Gasteiger partial charge in [-0.05, 0) is 38.3 Å². The molecular weight excluding hydrogens is 354 g/mol. The highest BCUT2D eigenvalue weighted by atomic mass is 16.6. The maximum absolute atomic E-state index is 12.9. The third kappa shape index (κ3) is 3.97. The molecule has 6 heteroatoms. The molecule has 0 spiro atoms. The van der Waals surface area contributed by atoms with Crippen molar-refractivity contribution >= 4 is 11.6 Å². The van der Waals surface area contributed by atoms with Crippen molar-refractivity contribution < 1.29 is 14.3 Å². The molecule has 1 atom stereocenters. The summed E-state index contributed by atoms with van der Waals surface area (Å²) >= 11 is 0. The average Bonchev–Trinajstić information content (AvgIpc) is 2.74. The van der Waals surface area contributed by atoms with Gasteiger partial charge in [-0.2, -0.15) is 0 Å². The number of hydrogen-bond donors (Lipinski definition) is 0. The summed E-state index contributed by atoms with van der Waals surface area (Å²) in [6.45, 7) is 10.7. The van der Waals surface area contributed by atoms with E-state index in [-0.39, 0.29) is 5.91 Å². The van der Waals surface area contributed by atoms with Gasteiger partial charge in [-0.1, -0.05) is 18.2 Å². The Morgan fingerprint density at radius 3 is 2.50 bits per heavy atom. The molecule has 152 valence electrons. The third-order valence-corrected chi connectivity index (χ3v) is 6.13. The number of benzene rings is 1. The van der Waals surface area contributed by atoms with Crippen LogP contribution in [0.2, 0.25) is 0 Å². The maximum atomic E-state index is 12.9. The van der Waals surface area contributed by atoms with Crippen molar-refractivity contribution in [3.8, 4) is 0 Å². The molecule has 0 radical (unpaired) electrons. The van der Waals surface area contributed by atoms with E-state index < -0.39 is 0 Å². The Bertz CT molecular complexity index is 740. The zero-order valence-corrected chi connectivity index (χ0v) is 17.0. The molecule has 0 aromatic heterocycles. The Kier molecular flexibility index (Phi) is 5.76. The van der Waals surface area contributed by atoms with Crippen molar-refractivity contribution in [2.45, 2.75) is 32.7 Å². The first kappa shape index (κ1) is 19.1. The van der Waals surface area contributed by atoms with E-state index in [1.54, 1.807) is 0 Å². The molecule has 0 N–H and O–H groups in total. The summed E-state index contributed by atoms with van der Waals surface area (Å²) in [7, 11) is 0. The van der Waals surface area contributed by atoms with Gasteiger partial charge in [0.25, 0.3) is 5.91 Å². The number of amides is 1. The van der Waals surface area contributed by atoms with Gasteiger partial charge in [-0.15, -0.1) is 0 Å². The van der Waals surface area contributed by atoms with Gasteiger partial charge < -0.3 is 19.3 Å². The largest absolute Gasteiger partial charge is 0.491 e. The molecule has 0 saturated carbocycles.